The van der Waals surface area contributed by atoms with Crippen molar-refractivity contribution in [2.75, 3.05) is 41.5 Å². The summed E-state index contributed by atoms with van der Waals surface area (Å²) in [6.07, 6.45) is 0.973. The average molecular weight is 281 g/mol. The van der Waals surface area contributed by atoms with Crippen LogP contribution in [0.1, 0.15) is 17.9 Å². The Kier molecular flexibility index (Phi) is 4.73. The fraction of sp³-hybridized carbons (Fsp3) is 0.600. The Labute approximate surface area is 120 Å². The second-order valence-electron chi connectivity index (χ2n) is 5.07. The molecule has 0 aromatic heterocycles. The minimum absolute atomic E-state index is 0.0891. The Morgan fingerprint density at radius 3 is 2.20 bits per heavy atom. The number of aliphatic hydroxyl groups excluding tert-OH is 1. The first-order chi connectivity index (χ1) is 9.65. The Bertz CT molecular complexity index is 438. The van der Waals surface area contributed by atoms with Crippen LogP contribution in [0, 0.1) is 0 Å². The van der Waals surface area contributed by atoms with E-state index in [1.807, 2.05) is 19.2 Å². The minimum Gasteiger partial charge on any atom is -0.496 e. The monoisotopic (exact) mass is 281 g/mol. The molecule has 0 unspecified atom stereocenters. The Morgan fingerprint density at radius 1 is 1.15 bits per heavy atom. The van der Waals surface area contributed by atoms with Crippen molar-refractivity contribution in [3.63, 3.8) is 0 Å². The number of benzene rings is 1. The highest BCUT2D eigenvalue weighted by molar-refractivity contribution is 5.53. The number of methoxy groups -OCH3 is 3. The van der Waals surface area contributed by atoms with E-state index in [9.17, 15) is 5.11 Å². The van der Waals surface area contributed by atoms with Gasteiger partial charge in [0.1, 0.15) is 17.2 Å². The van der Waals surface area contributed by atoms with Crippen molar-refractivity contribution in [1.82, 2.24) is 4.90 Å². The smallest absolute Gasteiger partial charge is 0.129 e. The van der Waals surface area contributed by atoms with Crippen molar-refractivity contribution in [3.8, 4) is 17.2 Å². The zero-order valence-electron chi connectivity index (χ0n) is 12.5. The number of hydrogen-bond donors (Lipinski definition) is 1. The molecule has 1 aromatic rings. The highest BCUT2D eigenvalue weighted by atomic mass is 16.5. The summed E-state index contributed by atoms with van der Waals surface area (Å²) in [5.41, 5.74) is 1.01. The van der Waals surface area contributed by atoms with Gasteiger partial charge in [-0.15, -0.1) is 0 Å². The number of ether oxygens (including phenoxy) is 3. The fourth-order valence-electron chi connectivity index (χ4n) is 3.01. The summed E-state index contributed by atoms with van der Waals surface area (Å²) in [4.78, 5) is 2.17. The average Bonchev–Trinajstić information content (AvgIpc) is 2.85. The first-order valence-corrected chi connectivity index (χ1v) is 6.77. The topological polar surface area (TPSA) is 51.2 Å². The number of likely N-dealkylation sites (tertiary alicyclic amines) is 1. The van der Waals surface area contributed by atoms with Crippen LogP contribution in [0.3, 0.4) is 0 Å². The summed E-state index contributed by atoms with van der Waals surface area (Å²) in [5.74, 6) is 2.40. The summed E-state index contributed by atoms with van der Waals surface area (Å²) in [7, 11) is 6.94. The molecule has 1 saturated heterocycles. The molecule has 1 aliphatic rings. The Hall–Kier alpha value is -1.46. The van der Waals surface area contributed by atoms with Crippen LogP contribution < -0.4 is 14.2 Å². The zero-order valence-corrected chi connectivity index (χ0v) is 12.5. The summed E-state index contributed by atoms with van der Waals surface area (Å²) in [6.45, 7) is 1.08. The molecule has 2 atom stereocenters. The van der Waals surface area contributed by atoms with Crippen LogP contribution in [-0.4, -0.2) is 57.6 Å². The molecule has 1 fully saturated rings. The van der Waals surface area contributed by atoms with Gasteiger partial charge in [0.15, 0.2) is 0 Å². The van der Waals surface area contributed by atoms with Crippen molar-refractivity contribution in [1.29, 1.82) is 0 Å². The van der Waals surface area contributed by atoms with E-state index >= 15 is 0 Å². The SMILES string of the molecule is COc1cc(OC)c([C@@H]2CCN(C)[C@H]2CO)c(OC)c1. The van der Waals surface area contributed by atoms with Crippen LogP contribution in [0.2, 0.25) is 0 Å². The molecule has 0 spiro atoms. The van der Waals surface area contributed by atoms with Crippen molar-refractivity contribution >= 4 is 0 Å². The zero-order chi connectivity index (χ0) is 14.7. The third kappa shape index (κ3) is 2.55. The molecule has 5 nitrogen and oxygen atoms in total. The summed E-state index contributed by atoms with van der Waals surface area (Å²) in [6, 6.07) is 3.82. The molecule has 1 aromatic carbocycles. The van der Waals surface area contributed by atoms with Crippen LogP contribution in [-0.2, 0) is 0 Å². The summed E-state index contributed by atoms with van der Waals surface area (Å²) < 4.78 is 16.3. The van der Waals surface area contributed by atoms with Gasteiger partial charge in [-0.2, -0.15) is 0 Å². The van der Waals surface area contributed by atoms with Gasteiger partial charge in [-0.3, -0.25) is 0 Å². The van der Waals surface area contributed by atoms with Crippen LogP contribution in [0.25, 0.3) is 0 Å². The van der Waals surface area contributed by atoms with Gasteiger partial charge >= 0.3 is 0 Å². The maximum absolute atomic E-state index is 9.65. The first-order valence-electron chi connectivity index (χ1n) is 6.77. The molecule has 2 rings (SSSR count). The molecule has 20 heavy (non-hydrogen) atoms. The number of rotatable bonds is 5. The van der Waals surface area contributed by atoms with Crippen LogP contribution in [0.4, 0.5) is 0 Å². The third-order valence-electron chi connectivity index (χ3n) is 4.13. The fourth-order valence-corrected chi connectivity index (χ4v) is 3.01. The standard InChI is InChI=1S/C15H23NO4/c1-16-6-5-11(12(16)9-17)15-13(19-3)7-10(18-2)8-14(15)20-4/h7-8,11-12,17H,5-6,9H2,1-4H3/t11-,12+/m1/s1. The molecule has 0 radical (unpaired) electrons. The van der Waals surface area contributed by atoms with Gasteiger partial charge in [-0.25, -0.2) is 0 Å². The lowest BCUT2D eigenvalue weighted by atomic mass is 9.90. The van der Waals surface area contributed by atoms with Gasteiger partial charge in [-0.1, -0.05) is 0 Å². The predicted molar refractivity (Wildman–Crippen MR) is 77.0 cm³/mol. The van der Waals surface area contributed by atoms with Gasteiger partial charge in [0.2, 0.25) is 0 Å². The quantitative estimate of drug-likeness (QED) is 0.886. The lowest BCUT2D eigenvalue weighted by Gasteiger charge is -2.26. The van der Waals surface area contributed by atoms with E-state index in [1.165, 1.54) is 0 Å². The summed E-state index contributed by atoms with van der Waals surface area (Å²) in [5, 5.41) is 9.65. The molecular formula is C15H23NO4. The number of aliphatic hydroxyl groups is 1. The molecule has 0 amide bonds. The molecule has 5 heteroatoms. The lowest BCUT2D eigenvalue weighted by molar-refractivity contribution is 0.171. The third-order valence-corrected chi connectivity index (χ3v) is 4.13. The number of likely N-dealkylation sites (N-methyl/N-ethyl adjacent to an activating group) is 1. The molecule has 1 heterocycles. The highest BCUT2D eigenvalue weighted by Gasteiger charge is 2.36. The van der Waals surface area contributed by atoms with Crippen molar-refractivity contribution in [3.05, 3.63) is 17.7 Å². The van der Waals surface area contributed by atoms with E-state index in [4.69, 9.17) is 14.2 Å². The second kappa shape index (κ2) is 6.33. The molecule has 0 bridgehead atoms. The molecule has 0 saturated carbocycles. The first kappa shape index (κ1) is 14.9. The molecule has 1 aliphatic heterocycles. The molecule has 112 valence electrons. The largest absolute Gasteiger partial charge is 0.496 e. The van der Waals surface area contributed by atoms with E-state index in [1.54, 1.807) is 21.3 Å². The van der Waals surface area contributed by atoms with Crippen molar-refractivity contribution in [2.45, 2.75) is 18.4 Å². The minimum atomic E-state index is 0.0891. The van der Waals surface area contributed by atoms with Crippen molar-refractivity contribution in [2.24, 2.45) is 0 Å². The van der Waals surface area contributed by atoms with Gasteiger partial charge < -0.3 is 24.2 Å². The second-order valence-corrected chi connectivity index (χ2v) is 5.07. The van der Waals surface area contributed by atoms with Crippen LogP contribution >= 0.6 is 0 Å². The van der Waals surface area contributed by atoms with E-state index < -0.39 is 0 Å². The molecule has 0 aliphatic carbocycles. The summed E-state index contributed by atoms with van der Waals surface area (Å²) >= 11 is 0. The molecule has 1 N–H and O–H groups in total. The van der Waals surface area contributed by atoms with Gasteiger partial charge in [0.25, 0.3) is 0 Å². The maximum atomic E-state index is 9.65. The lowest BCUT2D eigenvalue weighted by Crippen LogP contribution is -2.32. The normalized spacial score (nSPS) is 22.9. The Balaban J connectivity index is 2.49. The maximum Gasteiger partial charge on any atom is 0.129 e. The van der Waals surface area contributed by atoms with Crippen LogP contribution in [0.15, 0.2) is 12.1 Å². The van der Waals surface area contributed by atoms with E-state index in [-0.39, 0.29) is 18.6 Å². The molecular weight excluding hydrogens is 258 g/mol. The predicted octanol–water partition coefficient (Wildman–Crippen LogP) is 1.49. The van der Waals surface area contributed by atoms with E-state index in [0.717, 1.165) is 30.0 Å². The number of hydrogen-bond acceptors (Lipinski definition) is 5. The van der Waals surface area contributed by atoms with Crippen LogP contribution in [0.5, 0.6) is 17.2 Å². The van der Waals surface area contributed by atoms with E-state index in [0.29, 0.717) is 5.75 Å². The van der Waals surface area contributed by atoms with Crippen molar-refractivity contribution < 1.29 is 19.3 Å². The van der Waals surface area contributed by atoms with Gasteiger partial charge in [0, 0.05) is 29.7 Å². The van der Waals surface area contributed by atoms with Gasteiger partial charge in [0.05, 0.1) is 27.9 Å². The van der Waals surface area contributed by atoms with E-state index in [2.05, 4.69) is 4.90 Å². The van der Waals surface area contributed by atoms with Gasteiger partial charge in [-0.05, 0) is 20.0 Å². The number of nitrogens with zero attached hydrogens (tertiary/aromatic N) is 1. The highest BCUT2D eigenvalue weighted by Crippen LogP contribution is 2.44. The Morgan fingerprint density at radius 2 is 1.75 bits per heavy atom.